The molecule has 1 aliphatic heterocycles. The van der Waals surface area contributed by atoms with Crippen molar-refractivity contribution >= 4 is 11.9 Å². The monoisotopic (exact) mass is 258 g/mol. The van der Waals surface area contributed by atoms with Crippen molar-refractivity contribution in [2.24, 2.45) is 0 Å². The molecule has 0 aromatic carbocycles. The number of carbonyl (C=O) groups excluding carboxylic acids is 2. The Morgan fingerprint density at radius 2 is 2.11 bits per heavy atom. The van der Waals surface area contributed by atoms with Gasteiger partial charge in [0, 0.05) is 19.6 Å². The van der Waals surface area contributed by atoms with Crippen LogP contribution in [0.3, 0.4) is 0 Å². The van der Waals surface area contributed by atoms with Crippen molar-refractivity contribution in [2.75, 3.05) is 26.2 Å². The molecule has 1 aliphatic rings. The molecule has 0 aromatic rings. The molecule has 1 rings (SSSR count). The number of morpholine rings is 1. The minimum atomic E-state index is -1.57. The van der Waals surface area contributed by atoms with Crippen LogP contribution >= 0.6 is 0 Å². The fraction of sp³-hybridized carbons (Fsp3) is 0.833. The van der Waals surface area contributed by atoms with Gasteiger partial charge in [0.1, 0.15) is 5.60 Å². The fourth-order valence-electron chi connectivity index (χ4n) is 1.65. The van der Waals surface area contributed by atoms with E-state index in [0.717, 1.165) is 0 Å². The van der Waals surface area contributed by atoms with Gasteiger partial charge in [-0.05, 0) is 27.7 Å². The van der Waals surface area contributed by atoms with Crippen molar-refractivity contribution in [1.29, 1.82) is 0 Å². The summed E-state index contributed by atoms with van der Waals surface area (Å²) in [5.74, 6) is -1.10. The van der Waals surface area contributed by atoms with Crippen molar-refractivity contribution in [3.05, 3.63) is 0 Å². The van der Waals surface area contributed by atoms with Crippen LogP contribution in [-0.4, -0.2) is 49.3 Å². The summed E-state index contributed by atoms with van der Waals surface area (Å²) in [5.41, 5.74) is -2.22. The van der Waals surface area contributed by atoms with Crippen LogP contribution in [0.5, 0.6) is 0 Å². The highest BCUT2D eigenvalue weighted by atomic mass is 16.6. The molecule has 0 aromatic heterocycles. The Kier molecular flexibility index (Phi) is 4.70. The van der Waals surface area contributed by atoms with Crippen molar-refractivity contribution < 1.29 is 19.1 Å². The van der Waals surface area contributed by atoms with Crippen LogP contribution in [0.1, 0.15) is 27.7 Å². The molecule has 1 amide bonds. The van der Waals surface area contributed by atoms with Gasteiger partial charge in [0.15, 0.2) is 0 Å². The Labute approximate surface area is 107 Å². The molecular formula is C12H22N2O4. The maximum atomic E-state index is 12.2. The lowest BCUT2D eigenvalue weighted by atomic mass is 10.0. The topological polar surface area (TPSA) is 76.7 Å². The Hall–Kier alpha value is -1.14. The molecule has 0 aliphatic carbocycles. The highest BCUT2D eigenvalue weighted by molar-refractivity contribution is 6.06. The molecule has 1 unspecified atom stereocenters. The van der Waals surface area contributed by atoms with Crippen molar-refractivity contribution in [2.45, 2.75) is 38.9 Å². The van der Waals surface area contributed by atoms with Crippen LogP contribution in [-0.2, 0) is 19.1 Å². The van der Waals surface area contributed by atoms with E-state index in [2.05, 4.69) is 10.6 Å². The van der Waals surface area contributed by atoms with Crippen LogP contribution in [0.25, 0.3) is 0 Å². The third-order valence-electron chi connectivity index (χ3n) is 2.43. The first-order chi connectivity index (χ1) is 8.32. The Bertz CT molecular complexity index is 317. The summed E-state index contributed by atoms with van der Waals surface area (Å²) in [6, 6.07) is 0. The Balaban J connectivity index is 2.89. The van der Waals surface area contributed by atoms with Crippen molar-refractivity contribution in [3.8, 4) is 0 Å². The number of ether oxygens (including phenoxy) is 2. The fourth-order valence-corrected chi connectivity index (χ4v) is 1.65. The lowest BCUT2D eigenvalue weighted by molar-refractivity contribution is -0.190. The molecule has 104 valence electrons. The number of amides is 1. The molecule has 1 atom stereocenters. The third-order valence-corrected chi connectivity index (χ3v) is 2.43. The van der Waals surface area contributed by atoms with Gasteiger partial charge in [-0.3, -0.25) is 4.79 Å². The molecule has 18 heavy (non-hydrogen) atoms. The van der Waals surface area contributed by atoms with Crippen LogP contribution in [0.15, 0.2) is 0 Å². The van der Waals surface area contributed by atoms with Gasteiger partial charge in [-0.25, -0.2) is 4.79 Å². The summed E-state index contributed by atoms with van der Waals surface area (Å²) in [4.78, 5) is 24.3. The van der Waals surface area contributed by atoms with Crippen molar-refractivity contribution in [3.63, 3.8) is 0 Å². The van der Waals surface area contributed by atoms with E-state index in [4.69, 9.17) is 9.47 Å². The van der Waals surface area contributed by atoms with E-state index in [1.807, 2.05) is 0 Å². The molecule has 1 heterocycles. The smallest absolute Gasteiger partial charge is 0.350 e. The van der Waals surface area contributed by atoms with Gasteiger partial charge < -0.3 is 20.1 Å². The zero-order valence-corrected chi connectivity index (χ0v) is 11.5. The van der Waals surface area contributed by atoms with E-state index in [-0.39, 0.29) is 6.54 Å². The third kappa shape index (κ3) is 3.43. The number of hydrogen-bond donors (Lipinski definition) is 2. The van der Waals surface area contributed by atoms with Gasteiger partial charge in [0.05, 0.1) is 6.61 Å². The molecule has 2 N–H and O–H groups in total. The van der Waals surface area contributed by atoms with Gasteiger partial charge in [0.2, 0.25) is 0 Å². The standard InChI is InChI=1S/C12H22N2O4/c1-5-14-9(15)12(8-13-6-7-17-12)10(16)18-11(2,3)4/h13H,5-8H2,1-4H3,(H,14,15). The minimum absolute atomic E-state index is 0.133. The minimum Gasteiger partial charge on any atom is -0.457 e. The molecule has 0 saturated carbocycles. The van der Waals surface area contributed by atoms with E-state index in [9.17, 15) is 9.59 Å². The molecule has 6 heteroatoms. The zero-order chi connectivity index (χ0) is 13.8. The Morgan fingerprint density at radius 1 is 1.44 bits per heavy atom. The summed E-state index contributed by atoms with van der Waals surface area (Å²) in [7, 11) is 0. The van der Waals surface area contributed by atoms with Crippen molar-refractivity contribution in [1.82, 2.24) is 10.6 Å². The SMILES string of the molecule is CCNC(=O)C1(C(=O)OC(C)(C)C)CNCCO1. The first kappa shape index (κ1) is 14.9. The highest BCUT2D eigenvalue weighted by Crippen LogP contribution is 2.20. The summed E-state index contributed by atoms with van der Waals surface area (Å²) < 4.78 is 10.7. The quantitative estimate of drug-likeness (QED) is 0.542. The molecular weight excluding hydrogens is 236 g/mol. The van der Waals surface area contributed by atoms with Gasteiger partial charge in [-0.15, -0.1) is 0 Å². The molecule has 1 fully saturated rings. The maximum absolute atomic E-state index is 12.2. The van der Waals surface area contributed by atoms with Gasteiger partial charge in [-0.1, -0.05) is 0 Å². The van der Waals surface area contributed by atoms with Crippen LogP contribution in [0, 0.1) is 0 Å². The molecule has 0 bridgehead atoms. The lowest BCUT2D eigenvalue weighted by Crippen LogP contribution is -2.64. The first-order valence-electron chi connectivity index (χ1n) is 6.18. The molecule has 0 radical (unpaired) electrons. The Morgan fingerprint density at radius 3 is 2.56 bits per heavy atom. The van der Waals surface area contributed by atoms with Crippen LogP contribution in [0.2, 0.25) is 0 Å². The predicted octanol–water partition coefficient (Wildman–Crippen LogP) is -0.177. The van der Waals surface area contributed by atoms with E-state index in [1.165, 1.54) is 0 Å². The van der Waals surface area contributed by atoms with E-state index < -0.39 is 23.1 Å². The van der Waals surface area contributed by atoms with Gasteiger partial charge >= 0.3 is 5.97 Å². The average molecular weight is 258 g/mol. The van der Waals surface area contributed by atoms with Gasteiger partial charge in [-0.2, -0.15) is 0 Å². The number of likely N-dealkylation sites (N-methyl/N-ethyl adjacent to an activating group) is 1. The number of hydrogen-bond acceptors (Lipinski definition) is 5. The average Bonchev–Trinajstić information content (AvgIpc) is 2.28. The predicted molar refractivity (Wildman–Crippen MR) is 66.1 cm³/mol. The van der Waals surface area contributed by atoms with E-state index in [1.54, 1.807) is 27.7 Å². The number of rotatable bonds is 3. The summed E-state index contributed by atoms with van der Waals surface area (Å²) >= 11 is 0. The molecule has 1 saturated heterocycles. The maximum Gasteiger partial charge on any atom is 0.350 e. The largest absolute Gasteiger partial charge is 0.457 e. The summed E-state index contributed by atoms with van der Waals surface area (Å²) in [6.45, 7) is 8.55. The van der Waals surface area contributed by atoms with Crippen LogP contribution < -0.4 is 10.6 Å². The molecule has 0 spiro atoms. The summed E-state index contributed by atoms with van der Waals surface area (Å²) in [6.07, 6.45) is 0. The number of nitrogens with one attached hydrogen (secondary N) is 2. The normalized spacial score (nSPS) is 24.4. The van der Waals surface area contributed by atoms with Crippen LogP contribution in [0.4, 0.5) is 0 Å². The highest BCUT2D eigenvalue weighted by Gasteiger charge is 2.51. The second-order valence-corrected chi connectivity index (χ2v) is 5.21. The zero-order valence-electron chi connectivity index (χ0n) is 11.5. The van der Waals surface area contributed by atoms with E-state index >= 15 is 0 Å². The number of carbonyl (C=O) groups is 2. The molecule has 6 nitrogen and oxygen atoms in total. The second kappa shape index (κ2) is 5.67. The first-order valence-corrected chi connectivity index (χ1v) is 6.18. The second-order valence-electron chi connectivity index (χ2n) is 5.21. The lowest BCUT2D eigenvalue weighted by Gasteiger charge is -2.35. The number of esters is 1. The summed E-state index contributed by atoms with van der Waals surface area (Å²) in [5, 5.41) is 5.61. The van der Waals surface area contributed by atoms with E-state index in [0.29, 0.717) is 19.7 Å². The van der Waals surface area contributed by atoms with Gasteiger partial charge in [0.25, 0.3) is 11.5 Å².